The van der Waals surface area contributed by atoms with Crippen molar-refractivity contribution in [3.05, 3.63) is 0 Å². The predicted octanol–water partition coefficient (Wildman–Crippen LogP) is -2.00. The Kier molecular flexibility index (Phi) is 9.54. The van der Waals surface area contributed by atoms with E-state index in [0.717, 1.165) is 25.7 Å². The van der Waals surface area contributed by atoms with Crippen molar-refractivity contribution in [2.45, 2.75) is 50.4 Å². The van der Waals surface area contributed by atoms with E-state index in [9.17, 15) is 22.9 Å². The molecule has 1 aliphatic carbocycles. The second-order valence-corrected chi connectivity index (χ2v) is 6.67. The van der Waals surface area contributed by atoms with Gasteiger partial charge in [-0.2, -0.15) is 0 Å². The van der Waals surface area contributed by atoms with E-state index in [1.165, 1.54) is 13.5 Å². The summed E-state index contributed by atoms with van der Waals surface area (Å²) in [6, 6.07) is 0. The van der Waals surface area contributed by atoms with Gasteiger partial charge in [0.2, 0.25) is 0 Å². The molecule has 0 radical (unpaired) electrons. The van der Waals surface area contributed by atoms with Crippen LogP contribution in [0.4, 0.5) is 0 Å². The smallest absolute Gasteiger partial charge is 0.746 e. The van der Waals surface area contributed by atoms with E-state index >= 15 is 0 Å². The summed E-state index contributed by atoms with van der Waals surface area (Å²) in [6.45, 7) is 0. The summed E-state index contributed by atoms with van der Waals surface area (Å²) in [6.07, 6.45) is 5.45. The molecule has 2 atom stereocenters. The Labute approximate surface area is 142 Å². The van der Waals surface area contributed by atoms with Crippen molar-refractivity contribution in [1.82, 2.24) is 0 Å². The van der Waals surface area contributed by atoms with Crippen LogP contribution in [0.3, 0.4) is 0 Å². The first-order chi connectivity index (χ1) is 8.84. The van der Waals surface area contributed by atoms with Crippen LogP contribution in [0.25, 0.3) is 0 Å². The summed E-state index contributed by atoms with van der Waals surface area (Å²) >= 11 is 0. The first-order valence-electron chi connectivity index (χ1n) is 6.55. The molecule has 1 saturated carbocycles. The standard InChI is InChI=1S/C12H22O6S.Na/c1-18-12(14)10(8-11(13)19(15,16)17)7-9-5-3-2-4-6-9;/h9-11,13H,2-8H2,1H3,(H,15,16,17);/q;+1/p-1/t10?,11-;/m0./s1. The summed E-state index contributed by atoms with van der Waals surface area (Å²) in [5.74, 6) is -0.959. The molecule has 6 nitrogen and oxygen atoms in total. The number of carbonyl (C=O) groups is 1. The number of carbonyl (C=O) groups excluding carboxylic acids is 1. The maximum Gasteiger partial charge on any atom is 1.00 e. The van der Waals surface area contributed by atoms with Crippen molar-refractivity contribution in [3.8, 4) is 0 Å². The molecule has 20 heavy (non-hydrogen) atoms. The van der Waals surface area contributed by atoms with Gasteiger partial charge in [-0.25, -0.2) is 8.42 Å². The van der Waals surface area contributed by atoms with Crippen LogP contribution in [0.2, 0.25) is 0 Å². The van der Waals surface area contributed by atoms with Crippen molar-refractivity contribution in [2.75, 3.05) is 7.11 Å². The molecule has 0 aromatic rings. The molecule has 0 aliphatic heterocycles. The van der Waals surface area contributed by atoms with Gasteiger partial charge in [0.25, 0.3) is 0 Å². The van der Waals surface area contributed by atoms with E-state index in [1.807, 2.05) is 0 Å². The quantitative estimate of drug-likeness (QED) is 0.345. The molecule has 112 valence electrons. The van der Waals surface area contributed by atoms with Gasteiger partial charge in [0.1, 0.15) is 15.6 Å². The minimum Gasteiger partial charge on any atom is -0.746 e. The Bertz CT molecular complexity index is 391. The molecule has 0 amide bonds. The molecular formula is C12H21NaO6S. The van der Waals surface area contributed by atoms with Gasteiger partial charge in [-0.05, 0) is 18.8 Å². The van der Waals surface area contributed by atoms with Crippen molar-refractivity contribution < 1.29 is 57.2 Å². The van der Waals surface area contributed by atoms with Gasteiger partial charge >= 0.3 is 35.5 Å². The molecule has 0 saturated heterocycles. The van der Waals surface area contributed by atoms with Crippen LogP contribution in [0.15, 0.2) is 0 Å². The molecular weight excluding hydrogens is 295 g/mol. The summed E-state index contributed by atoms with van der Waals surface area (Å²) < 4.78 is 36.8. The number of ether oxygens (including phenoxy) is 1. The molecule has 1 unspecified atom stereocenters. The molecule has 0 bridgehead atoms. The Morgan fingerprint density at radius 3 is 2.35 bits per heavy atom. The third-order valence-corrected chi connectivity index (χ3v) is 4.56. The van der Waals surface area contributed by atoms with Crippen molar-refractivity contribution in [1.29, 1.82) is 0 Å². The maximum atomic E-state index is 11.6. The zero-order valence-corrected chi connectivity index (χ0v) is 14.9. The number of esters is 1. The first-order valence-corrected chi connectivity index (χ1v) is 8.02. The van der Waals surface area contributed by atoms with E-state index in [2.05, 4.69) is 4.74 Å². The molecule has 0 heterocycles. The summed E-state index contributed by atoms with van der Waals surface area (Å²) in [5, 5.41) is 9.32. The summed E-state index contributed by atoms with van der Waals surface area (Å²) in [7, 11) is -3.57. The molecule has 1 aliphatic rings. The third kappa shape index (κ3) is 6.87. The van der Waals surface area contributed by atoms with E-state index < -0.39 is 27.4 Å². The van der Waals surface area contributed by atoms with E-state index in [4.69, 9.17) is 0 Å². The number of aliphatic hydroxyl groups is 1. The van der Waals surface area contributed by atoms with Crippen LogP contribution in [0.1, 0.15) is 44.9 Å². The Balaban J connectivity index is 0.00000361. The second-order valence-electron chi connectivity index (χ2n) is 5.14. The number of hydrogen-bond donors (Lipinski definition) is 1. The average Bonchev–Trinajstić information content (AvgIpc) is 2.37. The maximum absolute atomic E-state index is 11.6. The fourth-order valence-corrected chi connectivity index (χ4v) is 3.11. The zero-order valence-electron chi connectivity index (χ0n) is 12.1. The molecule has 8 heteroatoms. The van der Waals surface area contributed by atoms with E-state index in [-0.39, 0.29) is 36.0 Å². The molecule has 1 fully saturated rings. The summed E-state index contributed by atoms with van der Waals surface area (Å²) in [5.41, 5.74) is -2.04. The van der Waals surface area contributed by atoms with Crippen molar-refractivity contribution in [2.24, 2.45) is 11.8 Å². The number of aliphatic hydroxyl groups excluding tert-OH is 1. The molecule has 1 rings (SSSR count). The van der Waals surface area contributed by atoms with Crippen molar-refractivity contribution >= 4 is 16.1 Å². The minimum atomic E-state index is -4.78. The minimum absolute atomic E-state index is 0. The average molecular weight is 316 g/mol. The van der Waals surface area contributed by atoms with Crippen LogP contribution in [0.5, 0.6) is 0 Å². The van der Waals surface area contributed by atoms with Crippen LogP contribution in [0, 0.1) is 11.8 Å². The topological polar surface area (TPSA) is 104 Å². The molecule has 0 aromatic heterocycles. The van der Waals surface area contributed by atoms with Gasteiger partial charge in [0.15, 0.2) is 0 Å². The number of hydrogen-bond acceptors (Lipinski definition) is 6. The monoisotopic (exact) mass is 316 g/mol. The molecule has 0 aromatic carbocycles. The Morgan fingerprint density at radius 2 is 1.90 bits per heavy atom. The van der Waals surface area contributed by atoms with Crippen LogP contribution < -0.4 is 29.6 Å². The van der Waals surface area contributed by atoms with Crippen LogP contribution >= 0.6 is 0 Å². The number of rotatable bonds is 6. The van der Waals surface area contributed by atoms with E-state index in [1.54, 1.807) is 0 Å². The first kappa shape index (κ1) is 20.3. The van der Waals surface area contributed by atoms with Crippen LogP contribution in [-0.4, -0.2) is 36.6 Å². The van der Waals surface area contributed by atoms with E-state index in [0.29, 0.717) is 12.3 Å². The van der Waals surface area contributed by atoms with Gasteiger partial charge in [-0.15, -0.1) is 0 Å². The fourth-order valence-electron chi connectivity index (χ4n) is 2.64. The predicted molar refractivity (Wildman–Crippen MR) is 67.0 cm³/mol. The largest absolute Gasteiger partial charge is 1.00 e. The van der Waals surface area contributed by atoms with Crippen molar-refractivity contribution in [3.63, 3.8) is 0 Å². The molecule has 1 N–H and O–H groups in total. The molecule has 0 spiro atoms. The second kappa shape index (κ2) is 9.38. The van der Waals surface area contributed by atoms with Gasteiger partial charge in [-0.1, -0.05) is 32.1 Å². The van der Waals surface area contributed by atoms with Gasteiger partial charge in [0, 0.05) is 0 Å². The fraction of sp³-hybridized carbons (Fsp3) is 0.917. The van der Waals surface area contributed by atoms with Gasteiger partial charge in [-0.3, -0.25) is 4.79 Å². The SMILES string of the molecule is COC(=O)C(CC1CCCCC1)C[C@@H](O)S(=O)(=O)[O-].[Na+]. The number of methoxy groups -OCH3 is 1. The van der Waals surface area contributed by atoms with Gasteiger partial charge < -0.3 is 14.4 Å². The normalized spacial score (nSPS) is 19.8. The third-order valence-electron chi connectivity index (χ3n) is 3.70. The van der Waals surface area contributed by atoms with Crippen LogP contribution in [-0.2, 0) is 19.6 Å². The zero-order chi connectivity index (χ0) is 14.5. The Morgan fingerprint density at radius 1 is 1.35 bits per heavy atom. The van der Waals surface area contributed by atoms with Gasteiger partial charge in [0.05, 0.1) is 13.0 Å². The summed E-state index contributed by atoms with van der Waals surface area (Å²) in [4.78, 5) is 11.6. The Hall–Kier alpha value is 0.340.